The highest BCUT2D eigenvalue weighted by molar-refractivity contribution is 4.43. The lowest BCUT2D eigenvalue weighted by atomic mass is 10.7. The van der Waals surface area contributed by atoms with Crippen LogP contribution in [-0.2, 0) is 0 Å². The van der Waals surface area contributed by atoms with E-state index in [0.717, 1.165) is 4.68 Å². The highest BCUT2D eigenvalue weighted by Gasteiger charge is 1.97. The first kappa shape index (κ1) is 5.17. The van der Waals surface area contributed by atoms with E-state index in [2.05, 4.69) is 21.9 Å². The minimum absolute atomic E-state index is 0.690. The van der Waals surface area contributed by atoms with Crippen molar-refractivity contribution < 1.29 is 5.11 Å². The highest BCUT2D eigenvalue weighted by Crippen LogP contribution is 1.90. The molecular formula is C3H5N4O. The number of rotatable bonds is 1. The van der Waals surface area contributed by atoms with Crippen LogP contribution in [0.2, 0.25) is 0 Å². The van der Waals surface area contributed by atoms with Crippen molar-refractivity contribution in [1.82, 2.24) is 20.2 Å². The molecule has 0 saturated heterocycles. The van der Waals surface area contributed by atoms with Gasteiger partial charge in [-0.15, -0.1) is 5.10 Å². The molecule has 1 atom stereocenters. The number of aromatic nitrogens is 4. The summed E-state index contributed by atoms with van der Waals surface area (Å²) in [7, 11) is 0. The Morgan fingerprint density at radius 2 is 2.50 bits per heavy atom. The third-order valence-electron chi connectivity index (χ3n) is 0.682. The van der Waals surface area contributed by atoms with Crippen molar-refractivity contribution in [3.05, 3.63) is 6.33 Å². The fourth-order valence-electron chi connectivity index (χ4n) is 0.307. The first-order valence-corrected chi connectivity index (χ1v) is 2.14. The second kappa shape index (κ2) is 1.87. The SMILES string of the molecule is CC(O)n1[c]nnn1. The van der Waals surface area contributed by atoms with Crippen molar-refractivity contribution in [2.24, 2.45) is 0 Å². The van der Waals surface area contributed by atoms with Crippen LogP contribution in [0.3, 0.4) is 0 Å². The second-order valence-corrected chi connectivity index (χ2v) is 1.36. The Balaban J connectivity index is 2.77. The number of hydrogen-bond acceptors (Lipinski definition) is 4. The summed E-state index contributed by atoms with van der Waals surface area (Å²) >= 11 is 0. The molecule has 0 spiro atoms. The zero-order chi connectivity index (χ0) is 5.98. The maximum Gasteiger partial charge on any atom is 0.224 e. The van der Waals surface area contributed by atoms with E-state index in [1.807, 2.05) is 0 Å². The van der Waals surface area contributed by atoms with E-state index >= 15 is 0 Å². The summed E-state index contributed by atoms with van der Waals surface area (Å²) in [4.78, 5) is 0. The van der Waals surface area contributed by atoms with E-state index in [0.29, 0.717) is 0 Å². The van der Waals surface area contributed by atoms with E-state index in [9.17, 15) is 0 Å². The van der Waals surface area contributed by atoms with Crippen LogP contribution < -0.4 is 0 Å². The predicted octanol–water partition coefficient (Wildman–Crippen LogP) is -1.02. The number of tetrazole rings is 1. The number of aliphatic hydroxyl groups excluding tert-OH is 1. The van der Waals surface area contributed by atoms with Gasteiger partial charge in [0, 0.05) is 0 Å². The molecule has 43 valence electrons. The molecule has 8 heavy (non-hydrogen) atoms. The molecule has 0 fully saturated rings. The average molecular weight is 113 g/mol. The van der Waals surface area contributed by atoms with Gasteiger partial charge in [0.05, 0.1) is 0 Å². The lowest BCUT2D eigenvalue weighted by molar-refractivity contribution is 0.107. The number of hydrogen-bond donors (Lipinski definition) is 1. The molecule has 0 aliphatic heterocycles. The zero-order valence-electron chi connectivity index (χ0n) is 4.31. The van der Waals surface area contributed by atoms with Gasteiger partial charge >= 0.3 is 0 Å². The Labute approximate surface area is 45.9 Å². The smallest absolute Gasteiger partial charge is 0.224 e. The Morgan fingerprint density at radius 1 is 1.75 bits per heavy atom. The molecule has 0 aliphatic rings. The third-order valence-corrected chi connectivity index (χ3v) is 0.682. The third kappa shape index (κ3) is 0.812. The fourth-order valence-corrected chi connectivity index (χ4v) is 0.307. The summed E-state index contributed by atoms with van der Waals surface area (Å²) in [5, 5.41) is 18.5. The molecule has 5 heteroatoms. The van der Waals surface area contributed by atoms with E-state index < -0.39 is 6.23 Å². The van der Waals surface area contributed by atoms with Crippen molar-refractivity contribution in [2.75, 3.05) is 0 Å². The van der Waals surface area contributed by atoms with Gasteiger partial charge in [-0.25, -0.2) is 0 Å². The maximum atomic E-state index is 8.70. The van der Waals surface area contributed by atoms with Crippen LogP contribution in [0.4, 0.5) is 0 Å². The molecule has 1 radical (unpaired) electrons. The molecule has 1 unspecified atom stereocenters. The van der Waals surface area contributed by atoms with Crippen molar-refractivity contribution in [3.63, 3.8) is 0 Å². The van der Waals surface area contributed by atoms with Gasteiger partial charge in [0.1, 0.15) is 6.23 Å². The van der Waals surface area contributed by atoms with Gasteiger partial charge in [-0.3, -0.25) is 0 Å². The molecule has 0 bridgehead atoms. The molecule has 1 rings (SSSR count). The quantitative estimate of drug-likeness (QED) is 0.506. The molecule has 0 amide bonds. The van der Waals surface area contributed by atoms with Gasteiger partial charge < -0.3 is 5.11 Å². The van der Waals surface area contributed by atoms with Gasteiger partial charge in [-0.2, -0.15) is 4.68 Å². The number of nitrogens with zero attached hydrogens (tertiary/aromatic N) is 4. The van der Waals surface area contributed by atoms with Crippen molar-refractivity contribution in [2.45, 2.75) is 13.2 Å². The summed E-state index contributed by atoms with van der Waals surface area (Å²) in [5.74, 6) is 0. The van der Waals surface area contributed by atoms with E-state index in [4.69, 9.17) is 5.11 Å². The van der Waals surface area contributed by atoms with Gasteiger partial charge in [-0.05, 0) is 17.4 Å². The molecule has 0 aliphatic carbocycles. The normalized spacial score (nSPS) is 13.8. The van der Waals surface area contributed by atoms with Crippen LogP contribution in [0, 0.1) is 6.33 Å². The molecule has 1 aromatic rings. The van der Waals surface area contributed by atoms with Crippen LogP contribution in [0.5, 0.6) is 0 Å². The standard InChI is InChI=1S/C3H5N4O/c1-3(8)7-2-4-5-6-7/h3,8H,1H3. The highest BCUT2D eigenvalue weighted by atomic mass is 16.3. The van der Waals surface area contributed by atoms with Crippen molar-refractivity contribution in [3.8, 4) is 0 Å². The van der Waals surface area contributed by atoms with Gasteiger partial charge in [0.25, 0.3) is 0 Å². The van der Waals surface area contributed by atoms with Crippen molar-refractivity contribution >= 4 is 0 Å². The van der Waals surface area contributed by atoms with Gasteiger partial charge in [0.15, 0.2) is 0 Å². The Hall–Kier alpha value is -0.970. The van der Waals surface area contributed by atoms with E-state index in [1.54, 1.807) is 6.92 Å². The van der Waals surface area contributed by atoms with E-state index in [-0.39, 0.29) is 0 Å². The first-order chi connectivity index (χ1) is 3.80. The monoisotopic (exact) mass is 113 g/mol. The summed E-state index contributed by atoms with van der Waals surface area (Å²) in [6.45, 7) is 1.55. The van der Waals surface area contributed by atoms with Crippen LogP contribution in [0.25, 0.3) is 0 Å². The number of aliphatic hydroxyl groups is 1. The molecule has 5 nitrogen and oxygen atoms in total. The lowest BCUT2D eigenvalue weighted by Gasteiger charge is -1.96. The minimum Gasteiger partial charge on any atom is -0.372 e. The Bertz CT molecular complexity index is 146. The van der Waals surface area contributed by atoms with Crippen LogP contribution >= 0.6 is 0 Å². The summed E-state index contributed by atoms with van der Waals surface area (Å²) in [5.41, 5.74) is 0. The van der Waals surface area contributed by atoms with Crippen LogP contribution in [0.15, 0.2) is 0 Å². The van der Waals surface area contributed by atoms with Gasteiger partial charge in [0.2, 0.25) is 6.33 Å². The molecule has 0 saturated carbocycles. The average Bonchev–Trinajstić information content (AvgIpc) is 2.12. The predicted molar refractivity (Wildman–Crippen MR) is 23.6 cm³/mol. The molecular weight excluding hydrogens is 108 g/mol. The first-order valence-electron chi connectivity index (χ1n) is 2.14. The Kier molecular flexibility index (Phi) is 1.21. The zero-order valence-corrected chi connectivity index (χ0v) is 4.31. The van der Waals surface area contributed by atoms with Gasteiger partial charge in [-0.1, -0.05) is 0 Å². The maximum absolute atomic E-state index is 8.70. The van der Waals surface area contributed by atoms with Crippen LogP contribution in [0.1, 0.15) is 13.2 Å². The molecule has 1 aromatic heterocycles. The summed E-state index contributed by atoms with van der Waals surface area (Å²) < 4.78 is 1.12. The Morgan fingerprint density at radius 3 is 2.75 bits per heavy atom. The minimum atomic E-state index is -0.690. The van der Waals surface area contributed by atoms with Crippen LogP contribution in [-0.4, -0.2) is 25.3 Å². The molecule has 0 aromatic carbocycles. The topological polar surface area (TPSA) is 63.8 Å². The second-order valence-electron chi connectivity index (χ2n) is 1.36. The summed E-state index contributed by atoms with van der Waals surface area (Å²) in [6.07, 6.45) is 1.64. The fraction of sp³-hybridized carbons (Fsp3) is 0.667. The van der Waals surface area contributed by atoms with E-state index in [1.165, 1.54) is 0 Å². The largest absolute Gasteiger partial charge is 0.372 e. The molecule has 1 heterocycles. The lowest BCUT2D eigenvalue weighted by Crippen LogP contribution is -2.04. The summed E-state index contributed by atoms with van der Waals surface area (Å²) in [6, 6.07) is 0. The van der Waals surface area contributed by atoms with Crippen molar-refractivity contribution in [1.29, 1.82) is 0 Å². The molecule has 1 N–H and O–H groups in total.